The molecule has 0 heteroatoms. The Hall–Kier alpha value is -3.64. The second-order valence-electron chi connectivity index (χ2n) is 8.60. The Morgan fingerprint density at radius 1 is 0.455 bits per heavy atom. The third-order valence-corrected chi connectivity index (χ3v) is 7.13. The van der Waals surface area contributed by atoms with Gasteiger partial charge in [-0.1, -0.05) is 131 Å². The molecular weight excluding hydrogens is 396 g/mol. The molecule has 0 radical (unpaired) electrons. The molecule has 1 spiro atoms. The van der Waals surface area contributed by atoms with E-state index in [1.165, 1.54) is 60.8 Å². The number of benzene rings is 5. The summed E-state index contributed by atoms with van der Waals surface area (Å²) >= 11 is 0. The summed E-state index contributed by atoms with van der Waals surface area (Å²) < 4.78 is 0. The Kier molecular flexibility index (Phi) is 5.29. The first-order valence-corrected chi connectivity index (χ1v) is 10.6. The second-order valence-corrected chi connectivity index (χ2v) is 8.60. The molecule has 2 aliphatic rings. The standard InChI is InChI=1S/C30H20.3CH4/c1-19-16-17-23-21-10-2-4-13-25(21)30(28(23)18-19)26-14-5-3-11-22(26)24-12-6-8-20-9-7-15-27(30)29(20)24;;;/h2-18H,1H3;3*1H4. The lowest BCUT2D eigenvalue weighted by Gasteiger charge is -2.40. The predicted molar refractivity (Wildman–Crippen MR) is 145 cm³/mol. The first kappa shape index (κ1) is 22.6. The van der Waals surface area contributed by atoms with Gasteiger partial charge in [-0.15, -0.1) is 0 Å². The first-order chi connectivity index (χ1) is 14.8. The maximum Gasteiger partial charge on any atom is 0.0725 e. The Labute approximate surface area is 198 Å². The van der Waals surface area contributed by atoms with E-state index in [9.17, 15) is 0 Å². The molecule has 0 saturated heterocycles. The van der Waals surface area contributed by atoms with Crippen LogP contribution in [0.5, 0.6) is 0 Å². The van der Waals surface area contributed by atoms with Gasteiger partial charge in [-0.25, -0.2) is 0 Å². The van der Waals surface area contributed by atoms with E-state index in [1.54, 1.807) is 0 Å². The van der Waals surface area contributed by atoms with Gasteiger partial charge in [-0.3, -0.25) is 0 Å². The third-order valence-electron chi connectivity index (χ3n) is 7.13. The van der Waals surface area contributed by atoms with Crippen LogP contribution >= 0.6 is 0 Å². The van der Waals surface area contributed by atoms with Gasteiger partial charge < -0.3 is 0 Å². The van der Waals surface area contributed by atoms with E-state index >= 15 is 0 Å². The molecule has 1 unspecified atom stereocenters. The van der Waals surface area contributed by atoms with Gasteiger partial charge in [0, 0.05) is 0 Å². The van der Waals surface area contributed by atoms with Gasteiger partial charge in [-0.05, 0) is 62.2 Å². The van der Waals surface area contributed by atoms with Crippen molar-refractivity contribution in [3.63, 3.8) is 0 Å². The SMILES string of the molecule is C.C.C.Cc1ccc2c(c1)C1(c3ccccc3-2)c2ccccc2-c2cccc3cccc1c23. The Bertz CT molecular complexity index is 1500. The fourth-order valence-electron chi connectivity index (χ4n) is 6.04. The molecule has 5 aromatic carbocycles. The molecule has 0 amide bonds. The van der Waals surface area contributed by atoms with E-state index in [1.807, 2.05) is 0 Å². The zero-order chi connectivity index (χ0) is 19.9. The highest BCUT2D eigenvalue weighted by Gasteiger charge is 2.49. The number of rotatable bonds is 0. The van der Waals surface area contributed by atoms with E-state index in [0.717, 1.165) is 0 Å². The van der Waals surface area contributed by atoms with Gasteiger partial charge in [0.2, 0.25) is 0 Å². The van der Waals surface area contributed by atoms with E-state index < -0.39 is 0 Å². The molecular formula is C33H32. The molecule has 0 nitrogen and oxygen atoms in total. The number of hydrogen-bond donors (Lipinski definition) is 0. The van der Waals surface area contributed by atoms with Crippen molar-refractivity contribution < 1.29 is 0 Å². The van der Waals surface area contributed by atoms with Crippen LogP contribution in [0.15, 0.2) is 103 Å². The van der Waals surface area contributed by atoms with Crippen molar-refractivity contribution in [2.24, 2.45) is 0 Å². The molecule has 0 bridgehead atoms. The summed E-state index contributed by atoms with van der Waals surface area (Å²) in [4.78, 5) is 0. The van der Waals surface area contributed by atoms with E-state index in [4.69, 9.17) is 0 Å². The quantitative estimate of drug-likeness (QED) is 0.226. The van der Waals surface area contributed by atoms with Gasteiger partial charge in [0.1, 0.15) is 0 Å². The Morgan fingerprint density at radius 2 is 0.970 bits per heavy atom. The maximum absolute atomic E-state index is 2.42. The summed E-state index contributed by atoms with van der Waals surface area (Å²) in [7, 11) is 0. The molecule has 2 aliphatic carbocycles. The van der Waals surface area contributed by atoms with Gasteiger partial charge in [0.25, 0.3) is 0 Å². The van der Waals surface area contributed by atoms with E-state index in [-0.39, 0.29) is 27.7 Å². The Morgan fingerprint density at radius 3 is 1.67 bits per heavy atom. The molecule has 33 heavy (non-hydrogen) atoms. The fraction of sp³-hybridized carbons (Fsp3) is 0.152. The molecule has 0 N–H and O–H groups in total. The normalized spacial score (nSPS) is 16.0. The van der Waals surface area contributed by atoms with Crippen LogP contribution in [0.1, 0.15) is 50.1 Å². The molecule has 0 aromatic heterocycles. The predicted octanol–water partition coefficient (Wildman–Crippen LogP) is 9.40. The highest BCUT2D eigenvalue weighted by Crippen LogP contribution is 2.61. The summed E-state index contributed by atoms with van der Waals surface area (Å²) in [5.41, 5.74) is 12.1. The van der Waals surface area contributed by atoms with Crippen molar-refractivity contribution in [2.45, 2.75) is 34.6 Å². The zero-order valence-electron chi connectivity index (χ0n) is 16.8. The minimum Gasteiger partial charge on any atom is -0.0776 e. The van der Waals surface area contributed by atoms with Crippen molar-refractivity contribution in [1.82, 2.24) is 0 Å². The van der Waals surface area contributed by atoms with Crippen LogP contribution in [0.4, 0.5) is 0 Å². The van der Waals surface area contributed by atoms with Crippen molar-refractivity contribution >= 4 is 10.8 Å². The largest absolute Gasteiger partial charge is 0.0776 e. The summed E-state index contributed by atoms with van der Waals surface area (Å²) in [5.74, 6) is 0. The molecule has 5 aromatic rings. The highest BCUT2D eigenvalue weighted by molar-refractivity contribution is 6.06. The van der Waals surface area contributed by atoms with Crippen LogP contribution in [-0.2, 0) is 5.41 Å². The van der Waals surface area contributed by atoms with Crippen LogP contribution in [0, 0.1) is 6.92 Å². The minimum absolute atomic E-state index is 0. The van der Waals surface area contributed by atoms with Gasteiger partial charge in [-0.2, -0.15) is 0 Å². The number of fused-ring (bicyclic) bond motifs is 9. The maximum atomic E-state index is 2.42. The van der Waals surface area contributed by atoms with E-state index in [0.29, 0.717) is 0 Å². The second kappa shape index (κ2) is 7.74. The zero-order valence-corrected chi connectivity index (χ0v) is 16.8. The third kappa shape index (κ3) is 2.58. The van der Waals surface area contributed by atoms with Gasteiger partial charge >= 0.3 is 0 Å². The monoisotopic (exact) mass is 428 g/mol. The average molecular weight is 429 g/mol. The number of hydrogen-bond acceptors (Lipinski definition) is 0. The minimum atomic E-state index is -0.275. The Balaban J connectivity index is 0.000000864. The smallest absolute Gasteiger partial charge is 0.0725 e. The summed E-state index contributed by atoms with van der Waals surface area (Å²) in [6.07, 6.45) is 0. The van der Waals surface area contributed by atoms with Crippen molar-refractivity contribution in [3.05, 3.63) is 131 Å². The number of aryl methyl sites for hydroxylation is 1. The molecule has 1 atom stereocenters. The summed E-state index contributed by atoms with van der Waals surface area (Å²) in [6.45, 7) is 2.21. The van der Waals surface area contributed by atoms with E-state index in [2.05, 4.69) is 110 Å². The molecule has 0 saturated carbocycles. The van der Waals surface area contributed by atoms with Crippen molar-refractivity contribution in [1.29, 1.82) is 0 Å². The van der Waals surface area contributed by atoms with Crippen LogP contribution in [-0.4, -0.2) is 0 Å². The molecule has 7 rings (SSSR count). The molecule has 0 fully saturated rings. The van der Waals surface area contributed by atoms with Crippen molar-refractivity contribution in [2.75, 3.05) is 0 Å². The summed E-state index contributed by atoms with van der Waals surface area (Å²) in [5, 5.41) is 2.71. The summed E-state index contributed by atoms with van der Waals surface area (Å²) in [6, 6.07) is 38.6. The fourth-order valence-corrected chi connectivity index (χ4v) is 6.04. The van der Waals surface area contributed by atoms with Crippen LogP contribution in [0.3, 0.4) is 0 Å². The average Bonchev–Trinajstić information content (AvgIpc) is 3.08. The van der Waals surface area contributed by atoms with Gasteiger partial charge in [0.15, 0.2) is 0 Å². The molecule has 0 aliphatic heterocycles. The molecule has 164 valence electrons. The van der Waals surface area contributed by atoms with Gasteiger partial charge in [0.05, 0.1) is 5.41 Å². The van der Waals surface area contributed by atoms with Crippen LogP contribution < -0.4 is 0 Å². The highest BCUT2D eigenvalue weighted by atomic mass is 14.5. The molecule has 0 heterocycles. The van der Waals surface area contributed by atoms with Crippen LogP contribution in [0.2, 0.25) is 0 Å². The van der Waals surface area contributed by atoms with Crippen LogP contribution in [0.25, 0.3) is 33.0 Å². The topological polar surface area (TPSA) is 0 Å². The van der Waals surface area contributed by atoms with Crippen molar-refractivity contribution in [3.8, 4) is 22.3 Å². The lowest BCUT2D eigenvalue weighted by molar-refractivity contribution is 0.772. The first-order valence-electron chi connectivity index (χ1n) is 10.6. The lowest BCUT2D eigenvalue weighted by Crippen LogP contribution is -2.31. The lowest BCUT2D eigenvalue weighted by atomic mass is 9.61.